The first kappa shape index (κ1) is 28.2. The first-order valence-electron chi connectivity index (χ1n) is 12.8. The van der Waals surface area contributed by atoms with E-state index in [4.69, 9.17) is 14.7 Å². The molecule has 1 aromatic carbocycles. The number of piperidine rings is 1. The number of ether oxygens (including phenoxy) is 2. The molecule has 3 heterocycles. The molecule has 0 spiro atoms. The van der Waals surface area contributed by atoms with Gasteiger partial charge in [0.1, 0.15) is 23.2 Å². The van der Waals surface area contributed by atoms with Gasteiger partial charge in [0.15, 0.2) is 11.5 Å². The Morgan fingerprint density at radius 1 is 1.20 bits per heavy atom. The van der Waals surface area contributed by atoms with Gasteiger partial charge >= 0.3 is 12.2 Å². The number of hydrogen-bond donors (Lipinski definition) is 3. The highest BCUT2D eigenvalue weighted by Gasteiger charge is 2.30. The number of H-pyrrole nitrogens is 1. The predicted octanol–water partition coefficient (Wildman–Crippen LogP) is 4.62. The fourth-order valence-corrected chi connectivity index (χ4v) is 4.34. The third kappa shape index (κ3) is 6.96. The summed E-state index contributed by atoms with van der Waals surface area (Å²) in [7, 11) is 1.55. The van der Waals surface area contributed by atoms with Gasteiger partial charge in [-0.05, 0) is 51.7 Å². The van der Waals surface area contributed by atoms with Crippen molar-refractivity contribution >= 4 is 29.5 Å². The van der Waals surface area contributed by atoms with E-state index in [1.807, 2.05) is 39.0 Å². The number of nitriles is 1. The first-order valence-corrected chi connectivity index (χ1v) is 12.8. The molecule has 0 bridgehead atoms. The van der Waals surface area contributed by atoms with Crippen LogP contribution in [0.3, 0.4) is 0 Å². The second kappa shape index (κ2) is 11.9. The van der Waals surface area contributed by atoms with Crippen molar-refractivity contribution in [1.29, 1.82) is 5.26 Å². The topological polar surface area (TPSA) is 170 Å². The summed E-state index contributed by atoms with van der Waals surface area (Å²) in [4.78, 5) is 35.7. The van der Waals surface area contributed by atoms with E-state index in [1.54, 1.807) is 24.1 Å². The van der Waals surface area contributed by atoms with Crippen molar-refractivity contribution in [3.05, 3.63) is 42.4 Å². The van der Waals surface area contributed by atoms with Crippen LogP contribution in [0.4, 0.5) is 26.9 Å². The summed E-state index contributed by atoms with van der Waals surface area (Å²) in [5.41, 5.74) is 1.50. The molecule has 0 saturated carbocycles. The number of aromatic amines is 1. The molecule has 3 aromatic rings. The van der Waals surface area contributed by atoms with Gasteiger partial charge in [0.2, 0.25) is 0 Å². The van der Waals surface area contributed by atoms with E-state index in [1.165, 1.54) is 17.3 Å². The minimum atomic E-state index is -0.926. The quantitative estimate of drug-likeness (QED) is 0.378. The zero-order valence-corrected chi connectivity index (χ0v) is 22.8. The molecule has 13 nitrogen and oxygen atoms in total. The second-order valence-electron chi connectivity index (χ2n) is 10.4. The Morgan fingerprint density at radius 3 is 2.55 bits per heavy atom. The molecule has 40 heavy (non-hydrogen) atoms. The van der Waals surface area contributed by atoms with E-state index < -0.39 is 17.8 Å². The maximum atomic E-state index is 13.3. The number of benzene rings is 1. The van der Waals surface area contributed by atoms with Gasteiger partial charge in [0, 0.05) is 37.3 Å². The van der Waals surface area contributed by atoms with Crippen LogP contribution in [0.2, 0.25) is 0 Å². The summed E-state index contributed by atoms with van der Waals surface area (Å²) in [6, 6.07) is 9.11. The number of carbonyl (C=O) groups excluding carboxylic acids is 1. The molecule has 0 unspecified atom stereocenters. The number of carboxylic acid groups (broad SMARTS) is 1. The Bertz CT molecular complexity index is 1390. The monoisotopic (exact) mass is 548 g/mol. The molecule has 1 fully saturated rings. The molecule has 2 amide bonds. The first-order chi connectivity index (χ1) is 19.1. The van der Waals surface area contributed by atoms with E-state index in [0.29, 0.717) is 61.2 Å². The van der Waals surface area contributed by atoms with Crippen LogP contribution in [-0.4, -0.2) is 74.7 Å². The highest BCUT2D eigenvalue weighted by atomic mass is 16.6. The lowest BCUT2D eigenvalue weighted by atomic mass is 9.96. The van der Waals surface area contributed by atoms with E-state index in [0.717, 1.165) is 5.56 Å². The van der Waals surface area contributed by atoms with Crippen molar-refractivity contribution in [2.24, 2.45) is 5.92 Å². The van der Waals surface area contributed by atoms with Crippen molar-refractivity contribution in [3.63, 3.8) is 0 Å². The summed E-state index contributed by atoms with van der Waals surface area (Å²) in [6.45, 7) is 6.67. The number of nitrogens with one attached hydrogen (secondary N) is 2. The molecule has 13 heteroatoms. The third-order valence-electron chi connectivity index (χ3n) is 6.33. The number of methoxy groups -OCH3 is 1. The fraction of sp³-hybridized carbons (Fsp3) is 0.407. The average Bonchev–Trinajstić information content (AvgIpc) is 3.39. The Morgan fingerprint density at radius 2 is 1.95 bits per heavy atom. The van der Waals surface area contributed by atoms with E-state index in [-0.39, 0.29) is 11.6 Å². The third-order valence-corrected chi connectivity index (χ3v) is 6.33. The normalized spacial score (nSPS) is 13.8. The van der Waals surface area contributed by atoms with Crippen LogP contribution in [0.1, 0.15) is 39.3 Å². The second-order valence-corrected chi connectivity index (χ2v) is 10.4. The van der Waals surface area contributed by atoms with E-state index in [9.17, 15) is 14.7 Å². The number of likely N-dealkylation sites (tertiary alicyclic amines) is 1. The number of aromatic nitrogens is 4. The smallest absolute Gasteiger partial charge is 0.414 e. The van der Waals surface area contributed by atoms with Gasteiger partial charge in [0.05, 0.1) is 30.9 Å². The average molecular weight is 549 g/mol. The summed E-state index contributed by atoms with van der Waals surface area (Å²) in [5, 5.41) is 28.4. The number of carbonyl (C=O) groups is 2. The van der Waals surface area contributed by atoms with Gasteiger partial charge in [-0.15, -0.1) is 0 Å². The van der Waals surface area contributed by atoms with Gasteiger partial charge < -0.3 is 24.8 Å². The maximum absolute atomic E-state index is 13.3. The number of hydrogen-bond acceptors (Lipinski definition) is 9. The lowest BCUT2D eigenvalue weighted by molar-refractivity contribution is 0.0566. The van der Waals surface area contributed by atoms with Gasteiger partial charge in [-0.25, -0.2) is 19.6 Å². The Kier molecular flexibility index (Phi) is 8.37. The zero-order chi connectivity index (χ0) is 28.9. The van der Waals surface area contributed by atoms with Crippen LogP contribution in [0.25, 0.3) is 11.3 Å². The van der Waals surface area contributed by atoms with Gasteiger partial charge in [-0.1, -0.05) is 0 Å². The van der Waals surface area contributed by atoms with Gasteiger partial charge in [0.25, 0.3) is 0 Å². The molecule has 2 aromatic heterocycles. The molecule has 4 rings (SSSR count). The van der Waals surface area contributed by atoms with Crippen molar-refractivity contribution in [3.8, 4) is 23.1 Å². The number of anilines is 3. The molecule has 210 valence electrons. The van der Waals surface area contributed by atoms with Crippen molar-refractivity contribution in [2.75, 3.05) is 37.0 Å². The molecule has 0 atom stereocenters. The van der Waals surface area contributed by atoms with Gasteiger partial charge in [-0.3, -0.25) is 10.00 Å². The maximum Gasteiger partial charge on any atom is 0.414 e. The lowest BCUT2D eigenvalue weighted by Gasteiger charge is -2.34. The minimum Gasteiger partial charge on any atom is -0.496 e. The minimum absolute atomic E-state index is 0.111. The summed E-state index contributed by atoms with van der Waals surface area (Å²) >= 11 is 0. The molecule has 3 N–H and O–H groups in total. The standard InChI is InChI=1S/C27H32N8O5/c1-27(2,3)40-26(38)35(16-17-7-9-34(10-8-17)25(36)37)19-5-6-20(22(11-19)39-4)21-12-23(33-32-21)31-24-15-29-18(13-28)14-30-24/h5-6,11-12,14-15,17H,7-10,16H2,1-4H3,(H,36,37)(H2,30,31,32,33). The molecular weight excluding hydrogens is 516 g/mol. The fourth-order valence-electron chi connectivity index (χ4n) is 4.34. The van der Waals surface area contributed by atoms with Crippen molar-refractivity contribution in [1.82, 2.24) is 25.1 Å². The van der Waals surface area contributed by atoms with Crippen LogP contribution in [0, 0.1) is 17.2 Å². The molecule has 0 radical (unpaired) electrons. The summed E-state index contributed by atoms with van der Waals surface area (Å²) in [5.74, 6) is 1.55. The highest BCUT2D eigenvalue weighted by Crippen LogP contribution is 2.35. The number of amides is 2. The zero-order valence-electron chi connectivity index (χ0n) is 22.8. The summed E-state index contributed by atoms with van der Waals surface area (Å²) in [6.07, 6.45) is 2.69. The van der Waals surface area contributed by atoms with Crippen LogP contribution < -0.4 is 15.0 Å². The van der Waals surface area contributed by atoms with Crippen molar-refractivity contribution < 1.29 is 24.2 Å². The Labute approximate surface area is 231 Å². The van der Waals surface area contributed by atoms with E-state index in [2.05, 4.69) is 25.5 Å². The molecular formula is C27H32N8O5. The molecule has 1 aliphatic heterocycles. The van der Waals surface area contributed by atoms with Crippen LogP contribution in [0.5, 0.6) is 5.75 Å². The van der Waals surface area contributed by atoms with E-state index >= 15 is 0 Å². The number of nitrogens with zero attached hydrogens (tertiary/aromatic N) is 6. The van der Waals surface area contributed by atoms with Crippen LogP contribution in [-0.2, 0) is 4.74 Å². The largest absolute Gasteiger partial charge is 0.496 e. The van der Waals surface area contributed by atoms with Crippen LogP contribution >= 0.6 is 0 Å². The molecule has 1 aliphatic rings. The Hall–Kier alpha value is -4.86. The highest BCUT2D eigenvalue weighted by molar-refractivity contribution is 5.89. The molecule has 1 saturated heterocycles. The SMILES string of the molecule is COc1cc(N(CC2CCN(C(=O)O)CC2)C(=O)OC(C)(C)C)ccc1-c1cc(Nc2cnc(C#N)cn2)n[nH]1. The summed E-state index contributed by atoms with van der Waals surface area (Å²) < 4.78 is 11.4. The van der Waals surface area contributed by atoms with Crippen molar-refractivity contribution in [2.45, 2.75) is 39.2 Å². The molecule has 0 aliphatic carbocycles. The predicted molar refractivity (Wildman–Crippen MR) is 147 cm³/mol. The number of rotatable bonds is 7. The Balaban J connectivity index is 1.56. The van der Waals surface area contributed by atoms with Crippen LogP contribution in [0.15, 0.2) is 36.7 Å². The van der Waals surface area contributed by atoms with Gasteiger partial charge in [-0.2, -0.15) is 10.4 Å². The lowest BCUT2D eigenvalue weighted by Crippen LogP contribution is -2.44.